The van der Waals surface area contributed by atoms with Crippen LogP contribution in [0.4, 0.5) is 4.39 Å². The lowest BCUT2D eigenvalue weighted by molar-refractivity contribution is -0.145. The van der Waals surface area contributed by atoms with Gasteiger partial charge in [0.05, 0.1) is 22.8 Å². The van der Waals surface area contributed by atoms with Crippen LogP contribution < -0.4 is 18.6 Å². The SMILES string of the molecule is COc1ccccc1-c1nccc(COc2ccc(O[Si](C)(C)C(C)(C)C)cc2CC(Oc2ncnc3oc(-c4ccc(F)cc4)c(Br)c23)C(=O)O)n1. The zero-order valence-corrected chi connectivity index (χ0v) is 32.6. The normalized spacial score (nSPS) is 12.4. The topological polar surface area (TPSA) is 139 Å². The Morgan fingerprint density at radius 1 is 1.00 bits per heavy atom. The highest BCUT2D eigenvalue weighted by atomic mass is 79.9. The van der Waals surface area contributed by atoms with Gasteiger partial charge in [0.15, 0.2) is 11.6 Å². The van der Waals surface area contributed by atoms with Gasteiger partial charge in [0.1, 0.15) is 41.4 Å². The third-order valence-corrected chi connectivity index (χ3v) is 14.2. The summed E-state index contributed by atoms with van der Waals surface area (Å²) >= 11 is 3.54. The summed E-state index contributed by atoms with van der Waals surface area (Å²) in [6.07, 6.45) is 1.35. The van der Waals surface area contributed by atoms with E-state index in [1.165, 1.54) is 18.5 Å². The van der Waals surface area contributed by atoms with Gasteiger partial charge in [0.25, 0.3) is 0 Å². The van der Waals surface area contributed by atoms with E-state index in [4.69, 9.17) is 28.0 Å². The standard InChI is InChI=1S/C39H38BrFN4O7Si/c1-39(2,3)53(5,6)52-27-15-16-29(49-21-26-17-18-42-35(45-26)28-9-7-8-10-30(28)48-4)24(19-27)20-31(38(46)47)50-36-32-33(40)34(51-37(32)44-22-43-36)23-11-13-25(41)14-12-23/h7-19,22,31H,20-21H2,1-6H3,(H,46,47). The zero-order chi connectivity index (χ0) is 37.9. The molecule has 1 unspecified atom stereocenters. The first kappa shape index (κ1) is 37.4. The minimum Gasteiger partial charge on any atom is -0.543 e. The number of aliphatic carboxylic acids is 1. The maximum Gasteiger partial charge on any atom is 0.345 e. The van der Waals surface area contributed by atoms with E-state index in [1.807, 2.05) is 30.3 Å². The number of carbonyl (C=O) groups is 1. The van der Waals surface area contributed by atoms with E-state index in [-0.39, 0.29) is 29.7 Å². The fourth-order valence-corrected chi connectivity index (χ4v) is 6.89. The Labute approximate surface area is 315 Å². The molecule has 6 rings (SSSR count). The maximum atomic E-state index is 13.6. The minimum atomic E-state index is -2.26. The van der Waals surface area contributed by atoms with Crippen LogP contribution in [0.2, 0.25) is 18.1 Å². The third kappa shape index (κ3) is 8.33. The molecule has 0 saturated heterocycles. The predicted molar refractivity (Wildman–Crippen MR) is 203 cm³/mol. The number of furan rings is 1. The Kier molecular flexibility index (Phi) is 10.8. The lowest BCUT2D eigenvalue weighted by Gasteiger charge is -2.36. The molecule has 0 fully saturated rings. The number of carboxylic acid groups (broad SMARTS) is 1. The van der Waals surface area contributed by atoms with E-state index in [9.17, 15) is 14.3 Å². The summed E-state index contributed by atoms with van der Waals surface area (Å²) in [5, 5.41) is 10.7. The molecule has 11 nitrogen and oxygen atoms in total. The lowest BCUT2D eigenvalue weighted by atomic mass is 10.1. The first-order valence-corrected chi connectivity index (χ1v) is 20.4. The Morgan fingerprint density at radius 3 is 2.47 bits per heavy atom. The summed E-state index contributed by atoms with van der Waals surface area (Å²) in [5.74, 6) is 0.866. The van der Waals surface area contributed by atoms with Gasteiger partial charge in [-0.2, -0.15) is 0 Å². The quantitative estimate of drug-likeness (QED) is 0.112. The molecule has 6 aromatic rings. The van der Waals surface area contributed by atoms with Gasteiger partial charge >= 0.3 is 5.97 Å². The number of aromatic nitrogens is 4. The molecule has 3 aromatic carbocycles. The highest BCUT2D eigenvalue weighted by molar-refractivity contribution is 9.10. The van der Waals surface area contributed by atoms with Crippen LogP contribution in [0.5, 0.6) is 23.1 Å². The first-order valence-electron chi connectivity index (χ1n) is 16.7. The number of rotatable bonds is 13. The van der Waals surface area contributed by atoms with Crippen LogP contribution >= 0.6 is 15.9 Å². The number of benzene rings is 3. The molecule has 0 aliphatic rings. The number of para-hydroxylation sites is 1. The summed E-state index contributed by atoms with van der Waals surface area (Å²) in [6.45, 7) is 10.8. The van der Waals surface area contributed by atoms with E-state index in [1.54, 1.807) is 43.6 Å². The molecule has 14 heteroatoms. The molecule has 53 heavy (non-hydrogen) atoms. The predicted octanol–water partition coefficient (Wildman–Crippen LogP) is 9.29. The second-order valence-corrected chi connectivity index (χ2v) is 19.3. The average molecular weight is 802 g/mol. The smallest absolute Gasteiger partial charge is 0.345 e. The lowest BCUT2D eigenvalue weighted by Crippen LogP contribution is -2.43. The van der Waals surface area contributed by atoms with Crippen LogP contribution in [0.1, 0.15) is 32.0 Å². The molecule has 0 spiro atoms. The Morgan fingerprint density at radius 2 is 1.75 bits per heavy atom. The fraction of sp³-hybridized carbons (Fsp3) is 0.256. The van der Waals surface area contributed by atoms with Gasteiger partial charge in [-0.15, -0.1) is 0 Å². The minimum absolute atomic E-state index is 0.00705. The van der Waals surface area contributed by atoms with Crippen molar-refractivity contribution >= 4 is 41.3 Å². The molecule has 1 atom stereocenters. The van der Waals surface area contributed by atoms with Gasteiger partial charge in [-0.3, -0.25) is 0 Å². The molecule has 3 aromatic heterocycles. The molecule has 0 radical (unpaired) electrons. The number of halogens is 2. The van der Waals surface area contributed by atoms with Crippen LogP contribution in [0.15, 0.2) is 94.2 Å². The largest absolute Gasteiger partial charge is 0.543 e. The van der Waals surface area contributed by atoms with Crippen molar-refractivity contribution in [2.45, 2.75) is 58.0 Å². The average Bonchev–Trinajstić information content (AvgIpc) is 3.47. The van der Waals surface area contributed by atoms with Gasteiger partial charge in [0, 0.05) is 23.7 Å². The van der Waals surface area contributed by atoms with Crippen molar-refractivity contribution in [2.75, 3.05) is 7.11 Å². The molecular weight excluding hydrogens is 763 g/mol. The second-order valence-electron chi connectivity index (χ2n) is 13.8. The molecule has 274 valence electrons. The highest BCUT2D eigenvalue weighted by Gasteiger charge is 2.39. The van der Waals surface area contributed by atoms with Crippen LogP contribution in [0.25, 0.3) is 33.8 Å². The Balaban J connectivity index is 1.32. The summed E-state index contributed by atoms with van der Waals surface area (Å²) in [6, 6.07) is 20.4. The Bertz CT molecular complexity index is 2260. The van der Waals surface area contributed by atoms with Crippen molar-refractivity contribution in [3.05, 3.63) is 107 Å². The number of hydrogen-bond acceptors (Lipinski definition) is 10. The van der Waals surface area contributed by atoms with Crippen molar-refractivity contribution in [1.82, 2.24) is 19.9 Å². The summed E-state index contributed by atoms with van der Waals surface area (Å²) < 4.78 is 44.6. The van der Waals surface area contributed by atoms with Crippen molar-refractivity contribution in [2.24, 2.45) is 0 Å². The highest BCUT2D eigenvalue weighted by Crippen LogP contribution is 2.42. The van der Waals surface area contributed by atoms with Gasteiger partial charge in [0.2, 0.25) is 26.0 Å². The van der Waals surface area contributed by atoms with Gasteiger partial charge in [-0.25, -0.2) is 29.1 Å². The molecule has 0 amide bonds. The number of ether oxygens (including phenoxy) is 3. The van der Waals surface area contributed by atoms with Crippen LogP contribution in [0, 0.1) is 5.82 Å². The molecule has 0 bridgehead atoms. The molecule has 3 heterocycles. The molecule has 0 saturated carbocycles. The molecule has 1 N–H and O–H groups in total. The monoisotopic (exact) mass is 800 g/mol. The molecule has 0 aliphatic heterocycles. The second kappa shape index (κ2) is 15.3. The van der Waals surface area contributed by atoms with E-state index in [0.29, 0.717) is 55.5 Å². The van der Waals surface area contributed by atoms with Crippen molar-refractivity contribution < 1.29 is 37.3 Å². The van der Waals surface area contributed by atoms with Crippen molar-refractivity contribution in [1.29, 1.82) is 0 Å². The van der Waals surface area contributed by atoms with Crippen molar-refractivity contribution in [3.8, 4) is 45.8 Å². The fourth-order valence-electron chi connectivity index (χ4n) is 5.22. The van der Waals surface area contributed by atoms with E-state index < -0.39 is 26.2 Å². The zero-order valence-electron chi connectivity index (χ0n) is 30.0. The first-order chi connectivity index (χ1) is 25.2. The van der Waals surface area contributed by atoms with Crippen LogP contribution in [0.3, 0.4) is 0 Å². The third-order valence-electron chi connectivity index (χ3n) is 9.08. The number of fused-ring (bicyclic) bond motifs is 1. The number of hydrogen-bond donors (Lipinski definition) is 1. The molecule has 0 aliphatic carbocycles. The van der Waals surface area contributed by atoms with Gasteiger partial charge in [-0.05, 0) is 94.7 Å². The van der Waals surface area contributed by atoms with E-state index in [2.05, 4.69) is 64.7 Å². The van der Waals surface area contributed by atoms with Crippen LogP contribution in [-0.4, -0.2) is 52.5 Å². The molecular formula is C39H38BrFN4O7Si. The summed E-state index contributed by atoms with van der Waals surface area (Å²) in [5.41, 5.74) is 2.62. The van der Waals surface area contributed by atoms with E-state index in [0.717, 1.165) is 5.56 Å². The maximum absolute atomic E-state index is 13.6. The van der Waals surface area contributed by atoms with Crippen LogP contribution in [-0.2, 0) is 17.8 Å². The van der Waals surface area contributed by atoms with Gasteiger partial charge in [-0.1, -0.05) is 32.9 Å². The summed E-state index contributed by atoms with van der Waals surface area (Å²) in [4.78, 5) is 30.4. The number of nitrogens with zero attached hydrogens (tertiary/aromatic N) is 4. The Hall–Kier alpha value is -5.34. The van der Waals surface area contributed by atoms with Gasteiger partial charge < -0.3 is 28.2 Å². The number of methoxy groups -OCH3 is 1. The van der Waals surface area contributed by atoms with E-state index >= 15 is 0 Å². The summed E-state index contributed by atoms with van der Waals surface area (Å²) in [7, 11) is -0.671. The number of carboxylic acids is 1. The van der Waals surface area contributed by atoms with Crippen molar-refractivity contribution in [3.63, 3.8) is 0 Å².